The monoisotopic (exact) mass is 557 g/mol. The van der Waals surface area contributed by atoms with Crippen LogP contribution < -0.4 is 10.1 Å². The molecule has 3 aromatic carbocycles. The van der Waals surface area contributed by atoms with E-state index in [1.807, 2.05) is 0 Å². The van der Waals surface area contributed by atoms with E-state index in [0.29, 0.717) is 14.5 Å². The topological polar surface area (TPSA) is 55.4 Å². The summed E-state index contributed by atoms with van der Waals surface area (Å²) in [6.07, 6.45) is 0. The third kappa shape index (κ3) is 5.06. The van der Waals surface area contributed by atoms with Crippen LogP contribution in [0.5, 0.6) is 5.75 Å². The Morgan fingerprint density at radius 3 is 2.43 bits per heavy atom. The molecule has 30 heavy (non-hydrogen) atoms. The van der Waals surface area contributed by atoms with Crippen LogP contribution in [-0.2, 0) is 6.54 Å². The zero-order valence-corrected chi connectivity index (χ0v) is 18.9. The maximum absolute atomic E-state index is 13.9. The SMILES string of the molecule is O=C(Oc1c(Br)cc(Br)cc1CNC(=O)c1cccc(F)c1F)c1ccccc1Cl. The molecule has 9 heteroatoms. The van der Waals surface area contributed by atoms with Crippen molar-refractivity contribution in [3.05, 3.63) is 96.9 Å². The van der Waals surface area contributed by atoms with Gasteiger partial charge < -0.3 is 10.1 Å². The highest BCUT2D eigenvalue weighted by Gasteiger charge is 2.20. The number of esters is 1. The summed E-state index contributed by atoms with van der Waals surface area (Å²) in [6, 6.07) is 13.0. The van der Waals surface area contributed by atoms with Gasteiger partial charge in [-0.3, -0.25) is 4.79 Å². The average molecular weight is 560 g/mol. The van der Waals surface area contributed by atoms with Gasteiger partial charge in [0.25, 0.3) is 5.91 Å². The van der Waals surface area contributed by atoms with Crippen LogP contribution in [0.2, 0.25) is 5.02 Å². The van der Waals surface area contributed by atoms with Gasteiger partial charge in [0.2, 0.25) is 0 Å². The molecule has 0 aliphatic heterocycles. The number of nitrogens with one attached hydrogen (secondary N) is 1. The van der Waals surface area contributed by atoms with Crippen LogP contribution in [-0.4, -0.2) is 11.9 Å². The fourth-order valence-electron chi connectivity index (χ4n) is 2.58. The van der Waals surface area contributed by atoms with Gasteiger partial charge in [-0.25, -0.2) is 13.6 Å². The molecule has 0 aromatic heterocycles. The van der Waals surface area contributed by atoms with Crippen molar-refractivity contribution in [3.63, 3.8) is 0 Å². The number of carbonyl (C=O) groups excluding carboxylic acids is 2. The summed E-state index contributed by atoms with van der Waals surface area (Å²) in [5.74, 6) is -3.71. The molecule has 0 bridgehead atoms. The van der Waals surface area contributed by atoms with Gasteiger partial charge in [0, 0.05) is 16.6 Å². The lowest BCUT2D eigenvalue weighted by molar-refractivity contribution is 0.0732. The van der Waals surface area contributed by atoms with Crippen molar-refractivity contribution in [2.75, 3.05) is 0 Å². The second kappa shape index (κ2) is 9.68. The quantitative estimate of drug-likeness (QED) is 0.295. The molecule has 3 aromatic rings. The van der Waals surface area contributed by atoms with Gasteiger partial charge >= 0.3 is 5.97 Å². The predicted octanol–water partition coefficient (Wildman–Crippen LogP) is 6.29. The number of carbonyl (C=O) groups is 2. The third-order valence-electron chi connectivity index (χ3n) is 4.01. The van der Waals surface area contributed by atoms with E-state index < -0.39 is 29.1 Å². The molecule has 0 heterocycles. The molecule has 0 saturated carbocycles. The van der Waals surface area contributed by atoms with Gasteiger partial charge in [-0.15, -0.1) is 0 Å². The molecule has 0 spiro atoms. The summed E-state index contributed by atoms with van der Waals surface area (Å²) in [5, 5.41) is 2.73. The first kappa shape index (κ1) is 22.4. The van der Waals surface area contributed by atoms with Crippen LogP contribution in [0.1, 0.15) is 26.3 Å². The van der Waals surface area contributed by atoms with Gasteiger partial charge in [-0.2, -0.15) is 0 Å². The molecule has 1 amide bonds. The third-order valence-corrected chi connectivity index (χ3v) is 5.39. The molecule has 0 aliphatic rings. The zero-order chi connectivity index (χ0) is 21.8. The van der Waals surface area contributed by atoms with Crippen molar-refractivity contribution in [2.45, 2.75) is 6.54 Å². The number of hydrogen-bond donors (Lipinski definition) is 1. The van der Waals surface area contributed by atoms with E-state index in [0.717, 1.165) is 6.07 Å². The molecule has 3 rings (SSSR count). The van der Waals surface area contributed by atoms with Crippen LogP contribution in [0.25, 0.3) is 0 Å². The fourth-order valence-corrected chi connectivity index (χ4v) is 4.19. The lowest BCUT2D eigenvalue weighted by Gasteiger charge is -2.14. The van der Waals surface area contributed by atoms with Gasteiger partial charge in [0.1, 0.15) is 5.75 Å². The molecule has 0 fully saturated rings. The maximum Gasteiger partial charge on any atom is 0.345 e. The maximum atomic E-state index is 13.9. The number of hydrogen-bond acceptors (Lipinski definition) is 3. The molecule has 1 N–H and O–H groups in total. The molecule has 0 aliphatic carbocycles. The Kier molecular flexibility index (Phi) is 7.23. The van der Waals surface area contributed by atoms with E-state index in [9.17, 15) is 18.4 Å². The van der Waals surface area contributed by atoms with Crippen molar-refractivity contribution < 1.29 is 23.1 Å². The summed E-state index contributed by atoms with van der Waals surface area (Å²) >= 11 is 12.7. The smallest absolute Gasteiger partial charge is 0.345 e. The summed E-state index contributed by atoms with van der Waals surface area (Å²) in [6.45, 7) is -0.113. The second-order valence-electron chi connectivity index (χ2n) is 6.03. The standard InChI is InChI=1S/C21H12Br2ClF2NO3/c22-12-8-11(10-27-20(28)14-5-3-7-17(25)18(14)26)19(15(23)9-12)30-21(29)13-4-1-2-6-16(13)24/h1-9H,10H2,(H,27,28). The highest BCUT2D eigenvalue weighted by atomic mass is 79.9. The van der Waals surface area contributed by atoms with Gasteiger partial charge in [0.05, 0.1) is 20.6 Å². The summed E-state index contributed by atoms with van der Waals surface area (Å²) in [5.41, 5.74) is 0.159. The number of benzene rings is 3. The van der Waals surface area contributed by atoms with Crippen molar-refractivity contribution in [1.29, 1.82) is 0 Å². The highest BCUT2D eigenvalue weighted by Crippen LogP contribution is 2.34. The minimum absolute atomic E-state index is 0.113. The first-order chi connectivity index (χ1) is 14.3. The normalized spacial score (nSPS) is 10.6. The van der Waals surface area contributed by atoms with Crippen LogP contribution >= 0.6 is 43.5 Å². The molecule has 0 unspecified atom stereocenters. The van der Waals surface area contributed by atoms with Crippen molar-refractivity contribution in [2.24, 2.45) is 0 Å². The van der Waals surface area contributed by atoms with Crippen molar-refractivity contribution in [3.8, 4) is 5.75 Å². The summed E-state index contributed by atoms with van der Waals surface area (Å²) in [7, 11) is 0. The number of rotatable bonds is 5. The largest absolute Gasteiger partial charge is 0.421 e. The van der Waals surface area contributed by atoms with E-state index in [-0.39, 0.29) is 22.9 Å². The van der Waals surface area contributed by atoms with Gasteiger partial charge in [-0.05, 0) is 52.3 Å². The van der Waals surface area contributed by atoms with Gasteiger partial charge in [-0.1, -0.05) is 45.7 Å². The van der Waals surface area contributed by atoms with E-state index >= 15 is 0 Å². The molecular weight excluding hydrogens is 547 g/mol. The zero-order valence-electron chi connectivity index (χ0n) is 15.0. The number of ether oxygens (including phenoxy) is 1. The highest BCUT2D eigenvalue weighted by molar-refractivity contribution is 9.11. The summed E-state index contributed by atoms with van der Waals surface area (Å²) in [4.78, 5) is 24.8. The van der Waals surface area contributed by atoms with Crippen molar-refractivity contribution >= 4 is 55.3 Å². The Labute approximate surface area is 192 Å². The van der Waals surface area contributed by atoms with Crippen LogP contribution in [0, 0.1) is 11.6 Å². The molecular formula is C21H12Br2ClF2NO3. The van der Waals surface area contributed by atoms with E-state index in [4.69, 9.17) is 16.3 Å². The molecule has 0 radical (unpaired) electrons. The Balaban J connectivity index is 1.85. The van der Waals surface area contributed by atoms with E-state index in [2.05, 4.69) is 37.2 Å². The Morgan fingerprint density at radius 1 is 1.00 bits per heavy atom. The van der Waals surface area contributed by atoms with Crippen LogP contribution in [0.15, 0.2) is 63.5 Å². The summed E-state index contributed by atoms with van der Waals surface area (Å²) < 4.78 is 33.8. The lowest BCUT2D eigenvalue weighted by Crippen LogP contribution is -2.25. The van der Waals surface area contributed by atoms with Crippen molar-refractivity contribution in [1.82, 2.24) is 5.32 Å². The second-order valence-corrected chi connectivity index (χ2v) is 8.21. The van der Waals surface area contributed by atoms with Gasteiger partial charge in [0.15, 0.2) is 11.6 Å². The average Bonchev–Trinajstić information content (AvgIpc) is 2.70. The molecule has 154 valence electrons. The van der Waals surface area contributed by atoms with Crippen LogP contribution in [0.4, 0.5) is 8.78 Å². The molecule has 0 atom stereocenters. The Hall–Kier alpha value is -2.29. The Morgan fingerprint density at radius 2 is 1.70 bits per heavy atom. The molecule has 4 nitrogen and oxygen atoms in total. The first-order valence-electron chi connectivity index (χ1n) is 8.44. The van der Waals surface area contributed by atoms with E-state index in [1.165, 1.54) is 18.2 Å². The van der Waals surface area contributed by atoms with Crippen LogP contribution in [0.3, 0.4) is 0 Å². The Bertz CT molecular complexity index is 1140. The predicted molar refractivity (Wildman–Crippen MR) is 116 cm³/mol. The number of amides is 1. The lowest BCUT2D eigenvalue weighted by atomic mass is 10.1. The first-order valence-corrected chi connectivity index (χ1v) is 10.4. The minimum atomic E-state index is -1.24. The van der Waals surface area contributed by atoms with E-state index in [1.54, 1.807) is 30.3 Å². The minimum Gasteiger partial charge on any atom is -0.421 e. The fraction of sp³-hybridized carbons (Fsp3) is 0.0476. The molecule has 0 saturated heterocycles. The number of halogens is 5.